The third-order valence-corrected chi connectivity index (χ3v) is 3.52. The van der Waals surface area contributed by atoms with Gasteiger partial charge in [-0.05, 0) is 37.3 Å². The lowest BCUT2D eigenvalue weighted by Gasteiger charge is -2.09. The van der Waals surface area contributed by atoms with Crippen molar-refractivity contribution in [1.29, 1.82) is 0 Å². The second-order valence-electron chi connectivity index (χ2n) is 5.26. The van der Waals surface area contributed by atoms with Crippen LogP contribution in [-0.4, -0.2) is 23.5 Å². The molecule has 0 saturated carbocycles. The molecule has 1 amide bonds. The van der Waals surface area contributed by atoms with Crippen LogP contribution in [0.5, 0.6) is 5.75 Å². The largest absolute Gasteiger partial charge is 0.494 e. The number of aromatic nitrogens is 1. The number of guanidine groups is 1. The van der Waals surface area contributed by atoms with Gasteiger partial charge >= 0.3 is 0 Å². The predicted octanol–water partition coefficient (Wildman–Crippen LogP) is 3.01. The number of hydrogen-bond donors (Lipinski definition) is 2. The van der Waals surface area contributed by atoms with Crippen LogP contribution >= 0.6 is 0 Å². The average molecular weight is 334 g/mol. The first-order valence-electron chi connectivity index (χ1n) is 7.89. The Kier molecular flexibility index (Phi) is 4.89. The van der Waals surface area contributed by atoms with Gasteiger partial charge in [-0.15, -0.1) is 0 Å². The fourth-order valence-electron chi connectivity index (χ4n) is 2.44. The SMILES string of the molecule is CCOc1ccc2c(C(=O)NC(N)=Nc3ccccc3)ccnc2c1. The highest BCUT2D eigenvalue weighted by Gasteiger charge is 2.12. The Labute approximate surface area is 145 Å². The van der Waals surface area contributed by atoms with Crippen LogP contribution in [0.1, 0.15) is 17.3 Å². The molecule has 0 aliphatic heterocycles. The van der Waals surface area contributed by atoms with Gasteiger partial charge in [0.25, 0.3) is 5.91 Å². The summed E-state index contributed by atoms with van der Waals surface area (Å²) < 4.78 is 5.47. The minimum atomic E-state index is -0.339. The summed E-state index contributed by atoms with van der Waals surface area (Å²) in [5.41, 5.74) is 7.65. The number of hydrogen-bond acceptors (Lipinski definition) is 4. The first-order chi connectivity index (χ1) is 12.2. The summed E-state index contributed by atoms with van der Waals surface area (Å²) in [6.07, 6.45) is 1.58. The summed E-state index contributed by atoms with van der Waals surface area (Å²) in [6, 6.07) is 16.3. The standard InChI is InChI=1S/C19H18N4O2/c1-2-25-14-8-9-15-16(10-11-21-17(15)12-14)18(24)23-19(20)22-13-6-4-3-5-7-13/h3-12H,2H2,1H3,(H3,20,22,23,24). The Bertz CT molecular complexity index is 923. The molecule has 6 nitrogen and oxygen atoms in total. The molecule has 0 aliphatic carbocycles. The van der Waals surface area contributed by atoms with Gasteiger partial charge < -0.3 is 10.5 Å². The molecule has 6 heteroatoms. The lowest BCUT2D eigenvalue weighted by molar-refractivity contribution is 0.0978. The Morgan fingerprint density at radius 2 is 2.00 bits per heavy atom. The zero-order chi connectivity index (χ0) is 17.6. The van der Waals surface area contributed by atoms with Crippen LogP contribution < -0.4 is 15.8 Å². The van der Waals surface area contributed by atoms with Crippen molar-refractivity contribution in [3.05, 3.63) is 66.4 Å². The molecule has 2 aromatic carbocycles. The summed E-state index contributed by atoms with van der Waals surface area (Å²) >= 11 is 0. The summed E-state index contributed by atoms with van der Waals surface area (Å²) in [6.45, 7) is 2.48. The number of amides is 1. The fraction of sp³-hybridized carbons (Fsp3) is 0.105. The van der Waals surface area contributed by atoms with E-state index in [1.54, 1.807) is 30.5 Å². The summed E-state index contributed by atoms with van der Waals surface area (Å²) in [5.74, 6) is 0.408. The normalized spacial score (nSPS) is 11.3. The monoisotopic (exact) mass is 334 g/mol. The van der Waals surface area contributed by atoms with E-state index in [4.69, 9.17) is 10.5 Å². The quantitative estimate of drug-likeness (QED) is 0.567. The number of para-hydroxylation sites is 1. The molecule has 0 unspecified atom stereocenters. The van der Waals surface area contributed by atoms with E-state index < -0.39 is 0 Å². The molecule has 0 fully saturated rings. The van der Waals surface area contributed by atoms with Crippen LogP contribution in [0.15, 0.2) is 65.8 Å². The van der Waals surface area contributed by atoms with Crippen molar-refractivity contribution in [2.45, 2.75) is 6.92 Å². The number of rotatable bonds is 4. The van der Waals surface area contributed by atoms with Crippen LogP contribution in [0.2, 0.25) is 0 Å². The van der Waals surface area contributed by atoms with Crippen molar-refractivity contribution in [3.8, 4) is 5.75 Å². The first-order valence-corrected chi connectivity index (χ1v) is 7.89. The van der Waals surface area contributed by atoms with Gasteiger partial charge in [0.2, 0.25) is 5.96 Å². The Balaban J connectivity index is 1.85. The van der Waals surface area contributed by atoms with Crippen molar-refractivity contribution in [3.63, 3.8) is 0 Å². The summed E-state index contributed by atoms with van der Waals surface area (Å²) in [4.78, 5) is 21.0. The number of nitrogens with two attached hydrogens (primary N) is 1. The molecular formula is C19H18N4O2. The molecule has 1 heterocycles. The third-order valence-electron chi connectivity index (χ3n) is 3.52. The van der Waals surface area contributed by atoms with E-state index in [2.05, 4.69) is 15.3 Å². The second-order valence-corrected chi connectivity index (χ2v) is 5.26. The molecule has 0 atom stereocenters. The van der Waals surface area contributed by atoms with Gasteiger partial charge in [-0.2, -0.15) is 0 Å². The number of nitrogens with zero attached hydrogens (tertiary/aromatic N) is 2. The maximum atomic E-state index is 12.5. The highest BCUT2D eigenvalue weighted by Crippen LogP contribution is 2.22. The number of fused-ring (bicyclic) bond motifs is 1. The van der Waals surface area contributed by atoms with Crippen molar-refractivity contribution in [2.75, 3.05) is 6.61 Å². The highest BCUT2D eigenvalue weighted by molar-refractivity contribution is 6.12. The average Bonchev–Trinajstić information content (AvgIpc) is 2.62. The predicted molar refractivity (Wildman–Crippen MR) is 98.1 cm³/mol. The molecule has 3 aromatic rings. The molecular weight excluding hydrogens is 316 g/mol. The van der Waals surface area contributed by atoms with E-state index >= 15 is 0 Å². The minimum Gasteiger partial charge on any atom is -0.494 e. The lowest BCUT2D eigenvalue weighted by Crippen LogP contribution is -2.36. The van der Waals surface area contributed by atoms with E-state index in [1.165, 1.54) is 0 Å². The molecule has 1 aromatic heterocycles. The van der Waals surface area contributed by atoms with Gasteiger partial charge in [0.1, 0.15) is 5.75 Å². The van der Waals surface area contributed by atoms with Crippen LogP contribution in [0.25, 0.3) is 10.9 Å². The number of carbonyl (C=O) groups is 1. The van der Waals surface area contributed by atoms with E-state index in [-0.39, 0.29) is 11.9 Å². The fourth-order valence-corrected chi connectivity index (χ4v) is 2.44. The van der Waals surface area contributed by atoms with Crippen LogP contribution in [-0.2, 0) is 0 Å². The van der Waals surface area contributed by atoms with Gasteiger partial charge in [-0.3, -0.25) is 15.1 Å². The maximum absolute atomic E-state index is 12.5. The highest BCUT2D eigenvalue weighted by atomic mass is 16.5. The molecule has 3 rings (SSSR count). The molecule has 0 aliphatic rings. The van der Waals surface area contributed by atoms with E-state index in [9.17, 15) is 4.79 Å². The Morgan fingerprint density at radius 3 is 2.76 bits per heavy atom. The summed E-state index contributed by atoms with van der Waals surface area (Å²) in [7, 11) is 0. The number of pyridine rings is 1. The minimum absolute atomic E-state index is 0.0344. The van der Waals surface area contributed by atoms with Gasteiger partial charge in [0.05, 0.1) is 23.4 Å². The third kappa shape index (κ3) is 3.92. The topological polar surface area (TPSA) is 89.6 Å². The number of carbonyl (C=O) groups excluding carboxylic acids is 1. The number of nitrogens with one attached hydrogen (secondary N) is 1. The molecule has 0 spiro atoms. The van der Waals surface area contributed by atoms with Gasteiger partial charge in [0, 0.05) is 17.6 Å². The summed E-state index contributed by atoms with van der Waals surface area (Å²) in [5, 5.41) is 3.32. The lowest BCUT2D eigenvalue weighted by atomic mass is 10.1. The second kappa shape index (κ2) is 7.44. The zero-order valence-corrected chi connectivity index (χ0v) is 13.8. The van der Waals surface area contributed by atoms with Crippen LogP contribution in [0.4, 0.5) is 5.69 Å². The number of ether oxygens (including phenoxy) is 1. The molecule has 25 heavy (non-hydrogen) atoms. The molecule has 126 valence electrons. The maximum Gasteiger partial charge on any atom is 0.258 e. The Morgan fingerprint density at radius 1 is 1.20 bits per heavy atom. The van der Waals surface area contributed by atoms with Crippen LogP contribution in [0.3, 0.4) is 0 Å². The van der Waals surface area contributed by atoms with Crippen molar-refractivity contribution >= 4 is 28.5 Å². The number of aliphatic imine (C=N–C) groups is 1. The van der Waals surface area contributed by atoms with E-state index in [0.717, 1.165) is 5.39 Å². The van der Waals surface area contributed by atoms with Gasteiger partial charge in [-0.1, -0.05) is 18.2 Å². The van der Waals surface area contributed by atoms with Crippen molar-refractivity contribution in [2.24, 2.45) is 10.7 Å². The van der Waals surface area contributed by atoms with Crippen LogP contribution in [0, 0.1) is 0 Å². The van der Waals surface area contributed by atoms with Gasteiger partial charge in [-0.25, -0.2) is 4.99 Å². The molecule has 3 N–H and O–H groups in total. The zero-order valence-electron chi connectivity index (χ0n) is 13.8. The van der Waals surface area contributed by atoms with E-state index in [0.29, 0.717) is 29.1 Å². The van der Waals surface area contributed by atoms with E-state index in [1.807, 2.05) is 37.3 Å². The number of benzene rings is 2. The van der Waals surface area contributed by atoms with Crippen molar-refractivity contribution in [1.82, 2.24) is 10.3 Å². The molecule has 0 saturated heterocycles. The molecule has 0 radical (unpaired) electrons. The Hall–Kier alpha value is -3.41. The van der Waals surface area contributed by atoms with Crippen molar-refractivity contribution < 1.29 is 9.53 Å². The first kappa shape index (κ1) is 16.4. The molecule has 0 bridgehead atoms. The smallest absolute Gasteiger partial charge is 0.258 e. The van der Waals surface area contributed by atoms with Gasteiger partial charge in [0.15, 0.2) is 0 Å².